The van der Waals surface area contributed by atoms with Crippen molar-refractivity contribution in [2.45, 2.75) is 13.8 Å². The Bertz CT molecular complexity index is 1150. The molecule has 1 aromatic heterocycles. The molecule has 0 atom stereocenters. The topological polar surface area (TPSA) is 101 Å². The van der Waals surface area contributed by atoms with Crippen molar-refractivity contribution in [3.8, 4) is 5.75 Å². The molecule has 0 bridgehead atoms. The second-order valence-corrected chi connectivity index (χ2v) is 6.64. The quantitative estimate of drug-likeness (QED) is 0.264. The van der Waals surface area contributed by atoms with E-state index in [2.05, 4.69) is 0 Å². The van der Waals surface area contributed by atoms with Gasteiger partial charge in [-0.25, -0.2) is 9.59 Å². The zero-order chi connectivity index (χ0) is 21.3. The maximum absolute atomic E-state index is 12.5. The molecule has 0 saturated carbocycles. The number of nitrogens with zero attached hydrogens (tertiary/aromatic N) is 2. The van der Waals surface area contributed by atoms with E-state index in [1.54, 1.807) is 32.0 Å². The number of fused-ring (bicyclic) bond motifs is 1. The zero-order valence-corrected chi connectivity index (χ0v) is 16.6. The second kappa shape index (κ2) is 7.92. The van der Waals surface area contributed by atoms with Gasteiger partial charge in [0, 0.05) is 35.8 Å². The van der Waals surface area contributed by atoms with Crippen molar-refractivity contribution >= 4 is 40.1 Å². The SMILES string of the molecule is CCOC(=O)c1c(C)n(C)c2ccc(OC(=O)c3cc([N+](=O)[O-])ccc3Cl)cc12. The number of ether oxygens (including phenoxy) is 2. The lowest BCUT2D eigenvalue weighted by molar-refractivity contribution is -0.384. The first-order valence-corrected chi connectivity index (χ1v) is 9.04. The fraction of sp³-hybridized carbons (Fsp3) is 0.200. The average Bonchev–Trinajstić information content (AvgIpc) is 2.92. The first-order chi connectivity index (χ1) is 13.7. The number of halogens is 1. The van der Waals surface area contributed by atoms with Crippen molar-refractivity contribution < 1.29 is 24.0 Å². The number of aromatic nitrogens is 1. The molecule has 0 fully saturated rings. The van der Waals surface area contributed by atoms with E-state index in [1.165, 1.54) is 12.1 Å². The molecule has 0 radical (unpaired) electrons. The molecule has 0 aliphatic rings. The highest BCUT2D eigenvalue weighted by Gasteiger charge is 2.22. The Morgan fingerprint density at radius 2 is 1.90 bits per heavy atom. The number of esters is 2. The molecule has 1 heterocycles. The number of carbonyl (C=O) groups is 2. The predicted molar refractivity (Wildman–Crippen MR) is 107 cm³/mol. The fourth-order valence-corrected chi connectivity index (χ4v) is 3.22. The van der Waals surface area contributed by atoms with E-state index >= 15 is 0 Å². The lowest BCUT2D eigenvalue weighted by Gasteiger charge is -2.07. The molecule has 0 N–H and O–H groups in total. The Labute approximate surface area is 170 Å². The van der Waals surface area contributed by atoms with Crippen LogP contribution < -0.4 is 4.74 Å². The van der Waals surface area contributed by atoms with Crippen LogP contribution in [-0.2, 0) is 11.8 Å². The van der Waals surface area contributed by atoms with Gasteiger partial charge in [-0.3, -0.25) is 10.1 Å². The van der Waals surface area contributed by atoms with Crippen LogP contribution in [0.2, 0.25) is 5.02 Å². The normalized spacial score (nSPS) is 10.8. The van der Waals surface area contributed by atoms with Gasteiger partial charge >= 0.3 is 11.9 Å². The van der Waals surface area contributed by atoms with E-state index in [1.807, 2.05) is 11.6 Å². The van der Waals surface area contributed by atoms with Gasteiger partial charge in [0.25, 0.3) is 5.69 Å². The van der Waals surface area contributed by atoms with Gasteiger partial charge in [0.1, 0.15) is 5.75 Å². The summed E-state index contributed by atoms with van der Waals surface area (Å²) in [6.07, 6.45) is 0. The van der Waals surface area contributed by atoms with Gasteiger partial charge in [-0.05, 0) is 38.1 Å². The van der Waals surface area contributed by atoms with Crippen molar-refractivity contribution in [1.29, 1.82) is 0 Å². The summed E-state index contributed by atoms with van der Waals surface area (Å²) in [6, 6.07) is 8.35. The molecule has 150 valence electrons. The molecule has 29 heavy (non-hydrogen) atoms. The van der Waals surface area contributed by atoms with Gasteiger partial charge in [0.2, 0.25) is 0 Å². The molecule has 0 aliphatic carbocycles. The maximum atomic E-state index is 12.5. The third kappa shape index (κ3) is 3.79. The van der Waals surface area contributed by atoms with E-state index in [4.69, 9.17) is 21.1 Å². The molecule has 8 nitrogen and oxygen atoms in total. The minimum absolute atomic E-state index is 0.0319. The number of non-ortho nitro benzene ring substituents is 1. The first kappa shape index (κ1) is 20.3. The largest absolute Gasteiger partial charge is 0.462 e. The van der Waals surface area contributed by atoms with Gasteiger partial charge in [-0.15, -0.1) is 0 Å². The Morgan fingerprint density at radius 3 is 2.55 bits per heavy atom. The molecule has 0 saturated heterocycles. The standard InChI is InChI=1S/C20H17ClN2O6/c1-4-28-20(25)18-11(2)22(3)17-8-6-13(10-15(17)18)29-19(24)14-9-12(23(26)27)5-7-16(14)21/h5-10H,4H2,1-3H3. The molecular formula is C20H17ClN2O6. The van der Waals surface area contributed by atoms with Crippen molar-refractivity contribution in [2.24, 2.45) is 7.05 Å². The lowest BCUT2D eigenvalue weighted by Crippen LogP contribution is -2.10. The van der Waals surface area contributed by atoms with Crippen LogP contribution in [0.15, 0.2) is 36.4 Å². The van der Waals surface area contributed by atoms with E-state index < -0.39 is 16.9 Å². The summed E-state index contributed by atoms with van der Waals surface area (Å²) in [6.45, 7) is 3.74. The number of benzene rings is 2. The number of nitro groups is 1. The minimum Gasteiger partial charge on any atom is -0.462 e. The summed E-state index contributed by atoms with van der Waals surface area (Å²) in [5, 5.41) is 11.5. The van der Waals surface area contributed by atoms with Gasteiger partial charge in [0.15, 0.2) is 0 Å². The molecule has 3 rings (SSSR count). The number of hydrogen-bond donors (Lipinski definition) is 0. The van der Waals surface area contributed by atoms with Gasteiger partial charge in [-0.1, -0.05) is 11.6 Å². The van der Waals surface area contributed by atoms with Crippen LogP contribution in [-0.4, -0.2) is 28.0 Å². The maximum Gasteiger partial charge on any atom is 0.345 e. The van der Waals surface area contributed by atoms with E-state index in [0.717, 1.165) is 11.6 Å². The van der Waals surface area contributed by atoms with Gasteiger partial charge < -0.3 is 14.0 Å². The molecular weight excluding hydrogens is 400 g/mol. The van der Waals surface area contributed by atoms with Crippen LogP contribution in [0.3, 0.4) is 0 Å². The number of nitro benzene ring substituents is 1. The third-order valence-corrected chi connectivity index (χ3v) is 4.86. The third-order valence-electron chi connectivity index (χ3n) is 4.53. The fourth-order valence-electron chi connectivity index (χ4n) is 3.02. The number of rotatable bonds is 5. The highest BCUT2D eigenvalue weighted by molar-refractivity contribution is 6.33. The molecule has 9 heteroatoms. The highest BCUT2D eigenvalue weighted by Crippen LogP contribution is 2.30. The van der Waals surface area contributed by atoms with Gasteiger partial charge in [0.05, 0.1) is 27.7 Å². The molecule has 0 unspecified atom stereocenters. The Balaban J connectivity index is 2.00. The zero-order valence-electron chi connectivity index (χ0n) is 15.9. The summed E-state index contributed by atoms with van der Waals surface area (Å²) in [5.74, 6) is -1.15. The predicted octanol–water partition coefficient (Wildman–Crippen LogP) is 4.44. The second-order valence-electron chi connectivity index (χ2n) is 6.23. The van der Waals surface area contributed by atoms with Crippen LogP contribution in [0.25, 0.3) is 10.9 Å². The molecule has 2 aromatic carbocycles. The number of carbonyl (C=O) groups excluding carboxylic acids is 2. The van der Waals surface area contributed by atoms with E-state index in [0.29, 0.717) is 16.6 Å². The summed E-state index contributed by atoms with van der Waals surface area (Å²) < 4.78 is 12.3. The van der Waals surface area contributed by atoms with Crippen molar-refractivity contribution in [3.05, 3.63) is 68.4 Å². The van der Waals surface area contributed by atoms with Crippen LogP contribution in [0.5, 0.6) is 5.75 Å². The number of hydrogen-bond acceptors (Lipinski definition) is 6. The smallest absolute Gasteiger partial charge is 0.345 e. The average molecular weight is 417 g/mol. The molecule has 0 aliphatic heterocycles. The summed E-state index contributed by atoms with van der Waals surface area (Å²) in [7, 11) is 1.81. The van der Waals surface area contributed by atoms with E-state index in [-0.39, 0.29) is 28.6 Å². The Hall–Kier alpha value is -3.39. The Kier molecular flexibility index (Phi) is 5.56. The lowest BCUT2D eigenvalue weighted by atomic mass is 10.1. The van der Waals surface area contributed by atoms with Crippen molar-refractivity contribution in [1.82, 2.24) is 4.57 Å². The summed E-state index contributed by atoms with van der Waals surface area (Å²) >= 11 is 5.99. The van der Waals surface area contributed by atoms with Crippen molar-refractivity contribution in [3.63, 3.8) is 0 Å². The van der Waals surface area contributed by atoms with Crippen molar-refractivity contribution in [2.75, 3.05) is 6.61 Å². The van der Waals surface area contributed by atoms with Crippen LogP contribution in [0.4, 0.5) is 5.69 Å². The molecule has 0 amide bonds. The monoisotopic (exact) mass is 416 g/mol. The first-order valence-electron chi connectivity index (χ1n) is 8.66. The minimum atomic E-state index is -0.844. The number of aryl methyl sites for hydroxylation is 1. The van der Waals surface area contributed by atoms with E-state index in [9.17, 15) is 19.7 Å². The summed E-state index contributed by atoms with van der Waals surface area (Å²) in [4.78, 5) is 35.2. The van der Waals surface area contributed by atoms with Crippen LogP contribution in [0, 0.1) is 17.0 Å². The molecule has 0 spiro atoms. The summed E-state index contributed by atoms with van der Waals surface area (Å²) in [5.41, 5.74) is 1.45. The van der Waals surface area contributed by atoms with Crippen LogP contribution in [0.1, 0.15) is 33.3 Å². The van der Waals surface area contributed by atoms with Crippen LogP contribution >= 0.6 is 11.6 Å². The molecule has 3 aromatic rings. The Morgan fingerprint density at radius 1 is 1.17 bits per heavy atom. The van der Waals surface area contributed by atoms with Gasteiger partial charge in [-0.2, -0.15) is 0 Å². The highest BCUT2D eigenvalue weighted by atomic mass is 35.5.